The van der Waals surface area contributed by atoms with Crippen molar-refractivity contribution in [2.45, 2.75) is 5.16 Å². The van der Waals surface area contributed by atoms with E-state index in [1.807, 2.05) is 0 Å². The highest BCUT2D eigenvalue weighted by Crippen LogP contribution is 2.30. The third-order valence-electron chi connectivity index (χ3n) is 3.19. The number of halogens is 2. The summed E-state index contributed by atoms with van der Waals surface area (Å²) < 4.78 is 5.28. The van der Waals surface area contributed by atoms with Crippen LogP contribution >= 0.6 is 35.0 Å². The Bertz CT molecular complexity index is 881. The first-order chi connectivity index (χ1) is 11.5. The number of aromatic amines is 1. The Morgan fingerprint density at radius 2 is 2.00 bits per heavy atom. The number of amides is 1. The SMILES string of the molecule is COc1cc(Cl)cc2nc(SCC(=O)Nc3ccc(Cl)cc3)[nH]c12. The number of aromatic nitrogens is 2. The molecule has 1 heterocycles. The third kappa shape index (κ3) is 3.95. The maximum absolute atomic E-state index is 12.0. The zero-order chi connectivity index (χ0) is 17.1. The molecule has 0 radical (unpaired) electrons. The number of carbonyl (C=O) groups is 1. The molecule has 0 bridgehead atoms. The Labute approximate surface area is 152 Å². The zero-order valence-corrected chi connectivity index (χ0v) is 14.9. The van der Waals surface area contributed by atoms with Crippen LogP contribution in [0.15, 0.2) is 41.6 Å². The van der Waals surface area contributed by atoms with E-state index in [2.05, 4.69) is 15.3 Å². The lowest BCUT2D eigenvalue weighted by Gasteiger charge is -2.04. The van der Waals surface area contributed by atoms with Gasteiger partial charge in [-0.05, 0) is 30.3 Å². The first-order valence-corrected chi connectivity index (χ1v) is 8.71. The predicted molar refractivity (Wildman–Crippen MR) is 98.5 cm³/mol. The highest BCUT2D eigenvalue weighted by Gasteiger charge is 2.11. The van der Waals surface area contributed by atoms with Crippen molar-refractivity contribution in [3.63, 3.8) is 0 Å². The van der Waals surface area contributed by atoms with Crippen LogP contribution in [0.25, 0.3) is 11.0 Å². The third-order valence-corrected chi connectivity index (χ3v) is 4.53. The van der Waals surface area contributed by atoms with Crippen molar-refractivity contribution >= 4 is 57.6 Å². The Morgan fingerprint density at radius 3 is 2.71 bits per heavy atom. The monoisotopic (exact) mass is 381 g/mol. The number of hydrogen-bond donors (Lipinski definition) is 2. The van der Waals surface area contributed by atoms with Gasteiger partial charge in [0.05, 0.1) is 18.4 Å². The van der Waals surface area contributed by atoms with E-state index in [9.17, 15) is 4.79 Å². The highest BCUT2D eigenvalue weighted by molar-refractivity contribution is 7.99. The van der Waals surface area contributed by atoms with E-state index in [1.165, 1.54) is 11.8 Å². The van der Waals surface area contributed by atoms with Gasteiger partial charge in [0.25, 0.3) is 0 Å². The number of fused-ring (bicyclic) bond motifs is 1. The number of hydrogen-bond acceptors (Lipinski definition) is 4. The Balaban J connectivity index is 1.67. The van der Waals surface area contributed by atoms with E-state index in [0.29, 0.717) is 32.2 Å². The van der Waals surface area contributed by atoms with Crippen LogP contribution in [0.3, 0.4) is 0 Å². The lowest BCUT2D eigenvalue weighted by atomic mass is 10.3. The summed E-state index contributed by atoms with van der Waals surface area (Å²) in [7, 11) is 1.57. The molecule has 5 nitrogen and oxygen atoms in total. The molecule has 3 aromatic rings. The van der Waals surface area contributed by atoms with Gasteiger partial charge < -0.3 is 15.0 Å². The van der Waals surface area contributed by atoms with Crippen LogP contribution in [0.5, 0.6) is 5.75 Å². The minimum absolute atomic E-state index is 0.132. The number of benzene rings is 2. The van der Waals surface area contributed by atoms with E-state index in [4.69, 9.17) is 27.9 Å². The normalized spacial score (nSPS) is 10.8. The highest BCUT2D eigenvalue weighted by atomic mass is 35.5. The number of thioether (sulfide) groups is 1. The number of imidazole rings is 1. The van der Waals surface area contributed by atoms with Crippen LogP contribution in [0.4, 0.5) is 5.69 Å². The molecular formula is C16H13Cl2N3O2S. The lowest BCUT2D eigenvalue weighted by molar-refractivity contribution is -0.113. The number of ether oxygens (including phenoxy) is 1. The first-order valence-electron chi connectivity index (χ1n) is 6.96. The minimum atomic E-state index is -0.132. The number of carbonyl (C=O) groups excluding carboxylic acids is 1. The van der Waals surface area contributed by atoms with Crippen molar-refractivity contribution < 1.29 is 9.53 Å². The quantitative estimate of drug-likeness (QED) is 0.633. The standard InChI is InChI=1S/C16H13Cl2N3O2S/c1-23-13-7-10(18)6-12-15(13)21-16(20-12)24-8-14(22)19-11-4-2-9(17)3-5-11/h2-7H,8H2,1H3,(H,19,22)(H,20,21). The summed E-state index contributed by atoms with van der Waals surface area (Å²) in [6.45, 7) is 0. The molecule has 0 unspecified atom stereocenters. The van der Waals surface area contributed by atoms with Crippen LogP contribution in [0, 0.1) is 0 Å². The molecular weight excluding hydrogens is 369 g/mol. The Kier molecular flexibility index (Phi) is 5.18. The van der Waals surface area contributed by atoms with Gasteiger partial charge in [0.15, 0.2) is 5.16 Å². The molecule has 0 atom stereocenters. The van der Waals surface area contributed by atoms with Gasteiger partial charge in [-0.25, -0.2) is 4.98 Å². The van der Waals surface area contributed by atoms with E-state index in [0.717, 1.165) is 5.52 Å². The van der Waals surface area contributed by atoms with Crippen LogP contribution in [0.1, 0.15) is 0 Å². The summed E-state index contributed by atoms with van der Waals surface area (Å²) in [4.78, 5) is 19.6. The van der Waals surface area contributed by atoms with Gasteiger partial charge in [-0.1, -0.05) is 35.0 Å². The van der Waals surface area contributed by atoms with Crippen molar-refractivity contribution in [1.29, 1.82) is 0 Å². The van der Waals surface area contributed by atoms with Gasteiger partial charge in [-0.3, -0.25) is 4.79 Å². The molecule has 0 saturated heterocycles. The molecule has 0 saturated carbocycles. The van der Waals surface area contributed by atoms with Gasteiger partial charge in [0.2, 0.25) is 5.91 Å². The van der Waals surface area contributed by atoms with Crippen molar-refractivity contribution in [3.05, 3.63) is 46.4 Å². The van der Waals surface area contributed by atoms with Gasteiger partial charge in [-0.15, -0.1) is 0 Å². The molecule has 0 fully saturated rings. The van der Waals surface area contributed by atoms with Crippen molar-refractivity contribution in [3.8, 4) is 5.75 Å². The molecule has 1 aromatic heterocycles. The van der Waals surface area contributed by atoms with Crippen LogP contribution in [-0.2, 0) is 4.79 Å². The molecule has 0 aliphatic heterocycles. The Hall–Kier alpha value is -1.89. The van der Waals surface area contributed by atoms with Crippen molar-refractivity contribution in [2.24, 2.45) is 0 Å². The number of nitrogens with zero attached hydrogens (tertiary/aromatic N) is 1. The number of rotatable bonds is 5. The fourth-order valence-corrected chi connectivity index (χ4v) is 3.13. The first kappa shape index (κ1) is 17.0. The molecule has 0 aliphatic rings. The second-order valence-corrected chi connectivity index (χ2v) is 6.72. The number of H-pyrrole nitrogens is 1. The summed E-state index contributed by atoms with van der Waals surface area (Å²) in [5, 5.41) is 4.59. The maximum Gasteiger partial charge on any atom is 0.234 e. The van der Waals surface area contributed by atoms with Gasteiger partial charge >= 0.3 is 0 Å². The molecule has 24 heavy (non-hydrogen) atoms. The zero-order valence-electron chi connectivity index (χ0n) is 12.6. The van der Waals surface area contributed by atoms with Gasteiger partial charge in [0.1, 0.15) is 11.3 Å². The second kappa shape index (κ2) is 7.34. The van der Waals surface area contributed by atoms with Crippen molar-refractivity contribution in [1.82, 2.24) is 9.97 Å². The fourth-order valence-electron chi connectivity index (χ4n) is 2.12. The summed E-state index contributed by atoms with van der Waals surface area (Å²) in [6, 6.07) is 10.4. The van der Waals surface area contributed by atoms with Gasteiger partial charge in [-0.2, -0.15) is 0 Å². The largest absolute Gasteiger partial charge is 0.494 e. The minimum Gasteiger partial charge on any atom is -0.494 e. The molecule has 0 aliphatic carbocycles. The molecule has 124 valence electrons. The maximum atomic E-state index is 12.0. The summed E-state index contributed by atoms with van der Waals surface area (Å²) >= 11 is 13.1. The lowest BCUT2D eigenvalue weighted by Crippen LogP contribution is -2.13. The van der Waals surface area contributed by atoms with Crippen LogP contribution in [-0.4, -0.2) is 28.7 Å². The molecule has 0 spiro atoms. The molecule has 3 rings (SSSR count). The molecule has 2 aromatic carbocycles. The number of methoxy groups -OCH3 is 1. The number of nitrogens with one attached hydrogen (secondary N) is 2. The molecule has 8 heteroatoms. The van der Waals surface area contributed by atoms with Crippen molar-refractivity contribution in [2.75, 3.05) is 18.2 Å². The smallest absolute Gasteiger partial charge is 0.234 e. The van der Waals surface area contributed by atoms with E-state index >= 15 is 0 Å². The average molecular weight is 382 g/mol. The fraction of sp³-hybridized carbons (Fsp3) is 0.125. The van der Waals surface area contributed by atoms with E-state index < -0.39 is 0 Å². The second-order valence-electron chi connectivity index (χ2n) is 4.89. The van der Waals surface area contributed by atoms with E-state index in [-0.39, 0.29) is 11.7 Å². The summed E-state index contributed by atoms with van der Waals surface area (Å²) in [5.41, 5.74) is 2.14. The van der Waals surface area contributed by atoms with Gasteiger partial charge in [0, 0.05) is 21.8 Å². The van der Waals surface area contributed by atoms with Crippen LogP contribution in [0.2, 0.25) is 10.0 Å². The predicted octanol–water partition coefficient (Wildman–Crippen LogP) is 4.61. The summed E-state index contributed by atoms with van der Waals surface area (Å²) in [5.74, 6) is 0.702. The summed E-state index contributed by atoms with van der Waals surface area (Å²) in [6.07, 6.45) is 0. The Morgan fingerprint density at radius 1 is 1.25 bits per heavy atom. The number of anilines is 1. The molecule has 2 N–H and O–H groups in total. The van der Waals surface area contributed by atoms with E-state index in [1.54, 1.807) is 43.5 Å². The average Bonchev–Trinajstić information content (AvgIpc) is 2.97. The molecule has 1 amide bonds. The topological polar surface area (TPSA) is 67.0 Å². The van der Waals surface area contributed by atoms with Crippen LogP contribution < -0.4 is 10.1 Å².